The standard InChI is InChI=1S/C19H16Cl2FN3O/c20-13-2-4-14(5-3-13)25-19(26)15-7-8-24(11-18(15)23-25)10-12-1-6-17(22)16(21)9-12/h1-6,9,23H,7-8,10-11H2. The molecule has 0 fully saturated rings. The number of hydrogen-bond acceptors (Lipinski definition) is 2. The van der Waals surface area contributed by atoms with Crippen molar-refractivity contribution < 1.29 is 4.39 Å². The van der Waals surface area contributed by atoms with E-state index >= 15 is 0 Å². The highest BCUT2D eigenvalue weighted by Gasteiger charge is 2.23. The SMILES string of the molecule is O=c1c2c([nH]n1-c1ccc(Cl)cc1)CN(Cc1ccc(F)c(Cl)c1)CC2. The van der Waals surface area contributed by atoms with E-state index in [9.17, 15) is 9.18 Å². The summed E-state index contributed by atoms with van der Waals surface area (Å²) in [5.74, 6) is -0.416. The van der Waals surface area contributed by atoms with Crippen LogP contribution in [-0.4, -0.2) is 21.2 Å². The van der Waals surface area contributed by atoms with E-state index in [1.807, 2.05) is 12.1 Å². The van der Waals surface area contributed by atoms with Crippen LogP contribution in [0.5, 0.6) is 0 Å². The van der Waals surface area contributed by atoms with Crippen molar-refractivity contribution in [2.24, 2.45) is 0 Å². The maximum atomic E-state index is 13.3. The molecule has 4 rings (SSSR count). The number of H-pyrrole nitrogens is 1. The van der Waals surface area contributed by atoms with Crippen molar-refractivity contribution in [3.05, 3.63) is 85.5 Å². The Bertz CT molecular complexity index is 1010. The molecule has 0 aliphatic carbocycles. The Hall–Kier alpha value is -2.08. The lowest BCUT2D eigenvalue weighted by Gasteiger charge is -2.26. The topological polar surface area (TPSA) is 41.0 Å². The van der Waals surface area contributed by atoms with Gasteiger partial charge in [-0.1, -0.05) is 29.3 Å². The smallest absolute Gasteiger partial charge is 0.274 e. The molecule has 1 aliphatic heterocycles. The van der Waals surface area contributed by atoms with Gasteiger partial charge in [-0.25, -0.2) is 9.07 Å². The Labute approximate surface area is 159 Å². The van der Waals surface area contributed by atoms with Crippen LogP contribution in [0.25, 0.3) is 5.69 Å². The van der Waals surface area contributed by atoms with Crippen LogP contribution in [0.4, 0.5) is 4.39 Å². The number of aromatic amines is 1. The maximum Gasteiger partial charge on any atom is 0.274 e. The summed E-state index contributed by atoms with van der Waals surface area (Å²) >= 11 is 11.8. The summed E-state index contributed by atoms with van der Waals surface area (Å²) in [6, 6.07) is 11.9. The third-order valence-corrected chi connectivity index (χ3v) is 5.15. The molecule has 7 heteroatoms. The van der Waals surface area contributed by atoms with Crippen LogP contribution in [0.15, 0.2) is 47.3 Å². The highest BCUT2D eigenvalue weighted by atomic mass is 35.5. The predicted octanol–water partition coefficient (Wildman–Crippen LogP) is 4.17. The van der Waals surface area contributed by atoms with E-state index in [4.69, 9.17) is 23.2 Å². The number of nitrogens with one attached hydrogen (secondary N) is 1. The molecule has 0 saturated carbocycles. The first-order chi connectivity index (χ1) is 12.5. The molecule has 1 N–H and O–H groups in total. The quantitative estimate of drug-likeness (QED) is 0.727. The van der Waals surface area contributed by atoms with Crippen LogP contribution in [0, 0.1) is 5.82 Å². The third kappa shape index (κ3) is 3.30. The lowest BCUT2D eigenvalue weighted by molar-refractivity contribution is 0.242. The van der Waals surface area contributed by atoms with Crippen molar-refractivity contribution in [3.8, 4) is 5.69 Å². The number of hydrogen-bond donors (Lipinski definition) is 1. The molecule has 134 valence electrons. The molecule has 1 aliphatic rings. The van der Waals surface area contributed by atoms with Gasteiger partial charge in [0, 0.05) is 30.2 Å². The Morgan fingerprint density at radius 3 is 2.62 bits per heavy atom. The Morgan fingerprint density at radius 1 is 1.12 bits per heavy atom. The molecule has 2 heterocycles. The molecule has 0 amide bonds. The van der Waals surface area contributed by atoms with E-state index in [0.717, 1.165) is 29.1 Å². The predicted molar refractivity (Wildman–Crippen MR) is 101 cm³/mol. The summed E-state index contributed by atoms with van der Waals surface area (Å²) < 4.78 is 14.9. The van der Waals surface area contributed by atoms with Crippen molar-refractivity contribution >= 4 is 23.2 Å². The van der Waals surface area contributed by atoms with Gasteiger partial charge in [-0.3, -0.25) is 14.8 Å². The molecule has 0 unspecified atom stereocenters. The van der Waals surface area contributed by atoms with Gasteiger partial charge < -0.3 is 0 Å². The van der Waals surface area contributed by atoms with E-state index in [1.165, 1.54) is 6.07 Å². The monoisotopic (exact) mass is 391 g/mol. The molecule has 4 nitrogen and oxygen atoms in total. The molecule has 26 heavy (non-hydrogen) atoms. The summed E-state index contributed by atoms with van der Waals surface area (Å²) in [5.41, 5.74) is 3.40. The van der Waals surface area contributed by atoms with Crippen LogP contribution in [0.1, 0.15) is 16.8 Å². The lowest BCUT2D eigenvalue weighted by Crippen LogP contribution is -2.31. The van der Waals surface area contributed by atoms with Crippen molar-refractivity contribution in [1.82, 2.24) is 14.7 Å². The first-order valence-corrected chi connectivity index (χ1v) is 9.02. The van der Waals surface area contributed by atoms with Crippen molar-refractivity contribution in [1.29, 1.82) is 0 Å². The molecule has 0 saturated heterocycles. The average Bonchev–Trinajstić information content (AvgIpc) is 2.95. The molecule has 0 spiro atoms. The van der Waals surface area contributed by atoms with Gasteiger partial charge in [0.25, 0.3) is 5.56 Å². The minimum atomic E-state index is -0.416. The van der Waals surface area contributed by atoms with Gasteiger partial charge >= 0.3 is 0 Å². The zero-order chi connectivity index (χ0) is 18.3. The lowest BCUT2D eigenvalue weighted by atomic mass is 10.1. The van der Waals surface area contributed by atoms with Gasteiger partial charge in [0.15, 0.2) is 0 Å². The van der Waals surface area contributed by atoms with Crippen LogP contribution >= 0.6 is 23.2 Å². The Kier molecular flexibility index (Phi) is 4.61. The van der Waals surface area contributed by atoms with Crippen molar-refractivity contribution in [2.45, 2.75) is 19.5 Å². The number of fused-ring (bicyclic) bond motifs is 1. The molecule has 1 aromatic heterocycles. The highest BCUT2D eigenvalue weighted by Crippen LogP contribution is 2.21. The number of halogens is 3. The molecular weight excluding hydrogens is 376 g/mol. The zero-order valence-electron chi connectivity index (χ0n) is 13.8. The van der Waals surface area contributed by atoms with Crippen molar-refractivity contribution in [2.75, 3.05) is 6.54 Å². The molecule has 2 aromatic carbocycles. The van der Waals surface area contributed by atoms with Gasteiger partial charge in [-0.15, -0.1) is 0 Å². The van der Waals surface area contributed by atoms with Gasteiger partial charge in [-0.05, 0) is 48.4 Å². The van der Waals surface area contributed by atoms with Crippen LogP contribution in [-0.2, 0) is 19.5 Å². The number of aromatic nitrogens is 2. The summed E-state index contributed by atoms with van der Waals surface area (Å²) in [6.07, 6.45) is 0.667. The second kappa shape index (κ2) is 6.91. The fourth-order valence-corrected chi connectivity index (χ4v) is 3.61. The molecule has 0 atom stereocenters. The second-order valence-corrected chi connectivity index (χ2v) is 7.24. The normalized spacial score (nSPS) is 14.4. The first-order valence-electron chi connectivity index (χ1n) is 8.26. The average molecular weight is 392 g/mol. The number of nitrogens with zero attached hydrogens (tertiary/aromatic N) is 2. The van der Waals surface area contributed by atoms with E-state index in [0.29, 0.717) is 24.5 Å². The van der Waals surface area contributed by atoms with Gasteiger partial charge in [0.05, 0.1) is 16.4 Å². The Morgan fingerprint density at radius 2 is 1.88 bits per heavy atom. The summed E-state index contributed by atoms with van der Waals surface area (Å²) in [6.45, 7) is 2.03. The van der Waals surface area contributed by atoms with Gasteiger partial charge in [-0.2, -0.15) is 0 Å². The van der Waals surface area contributed by atoms with Crippen molar-refractivity contribution in [3.63, 3.8) is 0 Å². The first kappa shape index (κ1) is 17.3. The summed E-state index contributed by atoms with van der Waals surface area (Å²) in [5, 5.41) is 3.96. The molecular formula is C19H16Cl2FN3O. The zero-order valence-corrected chi connectivity index (χ0v) is 15.3. The van der Waals surface area contributed by atoms with E-state index < -0.39 is 5.82 Å². The fraction of sp³-hybridized carbons (Fsp3) is 0.211. The van der Waals surface area contributed by atoms with Gasteiger partial charge in [0.1, 0.15) is 5.82 Å². The summed E-state index contributed by atoms with van der Waals surface area (Å²) in [7, 11) is 0. The van der Waals surface area contributed by atoms with E-state index in [1.54, 1.807) is 28.9 Å². The Balaban J connectivity index is 1.57. The number of benzene rings is 2. The summed E-state index contributed by atoms with van der Waals surface area (Å²) in [4.78, 5) is 14.9. The second-order valence-electron chi connectivity index (χ2n) is 6.40. The largest absolute Gasteiger partial charge is 0.293 e. The van der Waals surface area contributed by atoms with Crippen LogP contribution in [0.3, 0.4) is 0 Å². The molecule has 0 bridgehead atoms. The molecule has 0 radical (unpaired) electrons. The third-order valence-electron chi connectivity index (χ3n) is 4.61. The van der Waals surface area contributed by atoms with E-state index in [-0.39, 0.29) is 10.6 Å². The fourth-order valence-electron chi connectivity index (χ4n) is 3.28. The van der Waals surface area contributed by atoms with Crippen LogP contribution in [0.2, 0.25) is 10.0 Å². The van der Waals surface area contributed by atoms with Gasteiger partial charge in [0.2, 0.25) is 0 Å². The molecule has 3 aromatic rings. The highest BCUT2D eigenvalue weighted by molar-refractivity contribution is 6.31. The minimum absolute atomic E-state index is 0.0215. The minimum Gasteiger partial charge on any atom is -0.293 e. The number of rotatable bonds is 3. The van der Waals surface area contributed by atoms with E-state index in [2.05, 4.69) is 10.00 Å². The van der Waals surface area contributed by atoms with Crippen LogP contribution < -0.4 is 5.56 Å². The maximum absolute atomic E-state index is 13.3.